The summed E-state index contributed by atoms with van der Waals surface area (Å²) in [5.74, 6) is -1.03. The van der Waals surface area contributed by atoms with E-state index in [4.69, 9.17) is 27.2 Å². The van der Waals surface area contributed by atoms with Crippen LogP contribution in [0.25, 0.3) is 0 Å². The highest BCUT2D eigenvalue weighted by Crippen LogP contribution is 2.02. The normalized spacial score (nSPS) is 9.09. The third kappa shape index (κ3) is 6.92. The Balaban J connectivity index is 0.000000235. The van der Waals surface area contributed by atoms with E-state index in [1.54, 1.807) is 24.3 Å². The van der Waals surface area contributed by atoms with Gasteiger partial charge in [-0.15, -0.1) is 0 Å². The first-order valence-corrected chi connectivity index (χ1v) is 7.04. The number of ether oxygens (including phenoxy) is 1. The smallest absolute Gasteiger partial charge is 0.341 e. The second kappa shape index (κ2) is 9.59. The lowest BCUT2D eigenvalue weighted by atomic mass is 10.2. The fraction of sp³-hybridized carbons (Fsp3) is 0.0625. The third-order valence-corrected chi connectivity index (χ3v) is 2.95. The SMILES string of the molecule is O=C(O)COC(=S)c1ccccc1.OC(=S)c1ccccc1. The molecule has 2 aromatic carbocycles. The second-order valence-electron chi connectivity index (χ2n) is 4.01. The lowest BCUT2D eigenvalue weighted by Crippen LogP contribution is -2.11. The van der Waals surface area contributed by atoms with Gasteiger partial charge in [0.15, 0.2) is 16.7 Å². The molecule has 0 bridgehead atoms. The predicted octanol–water partition coefficient (Wildman–Crippen LogP) is 3.38. The van der Waals surface area contributed by atoms with Gasteiger partial charge in [0.2, 0.25) is 0 Å². The van der Waals surface area contributed by atoms with Crippen molar-refractivity contribution in [3.05, 3.63) is 71.8 Å². The molecule has 2 N–H and O–H groups in total. The molecule has 0 aliphatic heterocycles. The Morgan fingerprint density at radius 2 is 1.32 bits per heavy atom. The first-order valence-electron chi connectivity index (χ1n) is 6.23. The zero-order chi connectivity index (χ0) is 16.4. The Labute approximate surface area is 139 Å². The second-order valence-corrected chi connectivity index (χ2v) is 4.76. The van der Waals surface area contributed by atoms with E-state index in [0.717, 1.165) is 5.56 Å². The van der Waals surface area contributed by atoms with E-state index in [1.165, 1.54) is 0 Å². The van der Waals surface area contributed by atoms with Crippen LogP contribution in [0.1, 0.15) is 11.1 Å². The van der Waals surface area contributed by atoms with Crippen LogP contribution in [0.3, 0.4) is 0 Å². The van der Waals surface area contributed by atoms with Gasteiger partial charge in [-0.25, -0.2) is 4.79 Å². The summed E-state index contributed by atoms with van der Waals surface area (Å²) < 4.78 is 4.82. The number of benzene rings is 2. The quantitative estimate of drug-likeness (QED) is 0.836. The zero-order valence-corrected chi connectivity index (χ0v) is 13.1. The van der Waals surface area contributed by atoms with Crippen LogP contribution in [0.15, 0.2) is 60.7 Å². The van der Waals surface area contributed by atoms with E-state index in [0.29, 0.717) is 5.56 Å². The lowest BCUT2D eigenvalue weighted by Gasteiger charge is -2.03. The van der Waals surface area contributed by atoms with Gasteiger partial charge in [0.1, 0.15) is 0 Å². The van der Waals surface area contributed by atoms with Crippen LogP contribution in [0.4, 0.5) is 0 Å². The molecule has 0 aliphatic carbocycles. The molecular weight excluding hydrogens is 320 g/mol. The number of hydrogen-bond donors (Lipinski definition) is 2. The van der Waals surface area contributed by atoms with Crippen molar-refractivity contribution >= 4 is 40.5 Å². The van der Waals surface area contributed by atoms with Gasteiger partial charge in [-0.3, -0.25) is 0 Å². The molecule has 0 fully saturated rings. The van der Waals surface area contributed by atoms with Crippen molar-refractivity contribution in [2.75, 3.05) is 6.61 Å². The van der Waals surface area contributed by atoms with E-state index in [9.17, 15) is 4.79 Å². The maximum atomic E-state index is 10.2. The number of hydrogen-bond acceptors (Lipinski definition) is 4. The van der Waals surface area contributed by atoms with Crippen molar-refractivity contribution in [3.63, 3.8) is 0 Å². The minimum absolute atomic E-state index is 0.0457. The molecule has 0 amide bonds. The highest BCUT2D eigenvalue weighted by molar-refractivity contribution is 7.80. The number of aliphatic hydroxyl groups is 1. The summed E-state index contributed by atoms with van der Waals surface area (Å²) >= 11 is 9.37. The summed E-state index contributed by atoms with van der Waals surface area (Å²) in [6.07, 6.45) is 0. The van der Waals surface area contributed by atoms with E-state index in [2.05, 4.69) is 12.2 Å². The summed E-state index contributed by atoms with van der Waals surface area (Å²) in [4.78, 5) is 10.2. The number of carbonyl (C=O) groups is 1. The Bertz CT molecular complexity index is 627. The van der Waals surface area contributed by atoms with Crippen LogP contribution in [-0.4, -0.2) is 32.9 Å². The number of aliphatic hydroxyl groups excluding tert-OH is 1. The summed E-state index contributed by atoms with van der Waals surface area (Å²) in [6.45, 7) is -0.395. The van der Waals surface area contributed by atoms with E-state index >= 15 is 0 Å². The van der Waals surface area contributed by atoms with Gasteiger partial charge in [0.25, 0.3) is 0 Å². The molecule has 0 saturated heterocycles. The fourth-order valence-electron chi connectivity index (χ4n) is 1.37. The average Bonchev–Trinajstić information content (AvgIpc) is 2.55. The van der Waals surface area contributed by atoms with Crippen molar-refractivity contribution in [1.29, 1.82) is 0 Å². The van der Waals surface area contributed by atoms with Gasteiger partial charge >= 0.3 is 5.97 Å². The van der Waals surface area contributed by atoms with Crippen LogP contribution < -0.4 is 0 Å². The molecule has 114 valence electrons. The molecule has 22 heavy (non-hydrogen) atoms. The molecule has 0 radical (unpaired) electrons. The number of carboxylic acids is 1. The zero-order valence-electron chi connectivity index (χ0n) is 11.5. The first kappa shape index (κ1) is 17.7. The largest absolute Gasteiger partial charge is 0.499 e. The molecule has 0 heterocycles. The van der Waals surface area contributed by atoms with Crippen LogP contribution in [0, 0.1) is 0 Å². The lowest BCUT2D eigenvalue weighted by molar-refractivity contribution is -0.139. The standard InChI is InChI=1S/C9H8O3S.C7H6OS/c10-8(11)6-12-9(13)7-4-2-1-3-5-7;8-7(9)6-4-2-1-3-5-6/h1-5H,6H2,(H,10,11);1-5H,(H,8,9). The number of aliphatic carboxylic acids is 1. The van der Waals surface area contributed by atoms with E-state index in [1.807, 2.05) is 36.4 Å². The van der Waals surface area contributed by atoms with Gasteiger partial charge in [-0.1, -0.05) is 60.7 Å². The molecule has 0 spiro atoms. The maximum Gasteiger partial charge on any atom is 0.341 e. The molecule has 6 heteroatoms. The molecule has 0 atom stereocenters. The van der Waals surface area contributed by atoms with Crippen molar-refractivity contribution in [2.24, 2.45) is 0 Å². The molecule has 4 nitrogen and oxygen atoms in total. The summed E-state index contributed by atoms with van der Waals surface area (Å²) in [6, 6.07) is 18.1. The average molecular weight is 334 g/mol. The Kier molecular flexibility index (Phi) is 7.74. The highest BCUT2D eigenvalue weighted by Gasteiger charge is 2.03. The van der Waals surface area contributed by atoms with Crippen LogP contribution in [-0.2, 0) is 9.53 Å². The molecular formula is C16H14O4S2. The first-order chi connectivity index (χ1) is 10.5. The monoisotopic (exact) mass is 334 g/mol. The maximum absolute atomic E-state index is 10.2. The van der Waals surface area contributed by atoms with Crippen molar-refractivity contribution in [3.8, 4) is 0 Å². The summed E-state index contributed by atoms with van der Waals surface area (Å²) in [5, 5.41) is 17.2. The molecule has 2 aromatic rings. The van der Waals surface area contributed by atoms with Crippen molar-refractivity contribution in [1.82, 2.24) is 0 Å². The van der Waals surface area contributed by atoms with Gasteiger partial charge < -0.3 is 14.9 Å². The molecule has 0 aliphatic rings. The van der Waals surface area contributed by atoms with Gasteiger partial charge in [0, 0.05) is 11.1 Å². The van der Waals surface area contributed by atoms with Crippen LogP contribution in [0.5, 0.6) is 0 Å². The predicted molar refractivity (Wildman–Crippen MR) is 92.5 cm³/mol. The van der Waals surface area contributed by atoms with Crippen LogP contribution in [0.2, 0.25) is 0 Å². The molecule has 0 unspecified atom stereocenters. The number of rotatable bonds is 4. The third-order valence-electron chi connectivity index (χ3n) is 2.36. The Morgan fingerprint density at radius 1 is 0.864 bits per heavy atom. The molecule has 0 aromatic heterocycles. The minimum atomic E-state index is -1.03. The number of carboxylic acid groups (broad SMARTS) is 1. The molecule has 0 saturated carbocycles. The Hall–Kier alpha value is -2.31. The fourth-order valence-corrected chi connectivity index (χ4v) is 1.70. The summed E-state index contributed by atoms with van der Waals surface area (Å²) in [5.41, 5.74) is 1.42. The van der Waals surface area contributed by atoms with E-state index < -0.39 is 12.6 Å². The van der Waals surface area contributed by atoms with Crippen molar-refractivity contribution in [2.45, 2.75) is 0 Å². The minimum Gasteiger partial charge on any atom is -0.499 e. The van der Waals surface area contributed by atoms with Gasteiger partial charge in [0.05, 0.1) is 0 Å². The van der Waals surface area contributed by atoms with Gasteiger partial charge in [-0.2, -0.15) is 0 Å². The molecule has 2 rings (SSSR count). The Morgan fingerprint density at radius 3 is 1.68 bits per heavy atom. The van der Waals surface area contributed by atoms with Crippen molar-refractivity contribution < 1.29 is 19.7 Å². The summed E-state index contributed by atoms with van der Waals surface area (Å²) in [7, 11) is 0. The van der Waals surface area contributed by atoms with Gasteiger partial charge in [-0.05, 0) is 24.4 Å². The van der Waals surface area contributed by atoms with E-state index in [-0.39, 0.29) is 10.1 Å². The number of thiocarbonyl (C=S) groups is 2. The topological polar surface area (TPSA) is 66.8 Å². The highest BCUT2D eigenvalue weighted by atomic mass is 32.1. The van der Waals surface area contributed by atoms with Crippen LogP contribution >= 0.6 is 24.4 Å².